The average Bonchev–Trinajstić information content (AvgIpc) is 2.66. The first-order valence-electron chi connectivity index (χ1n) is 8.79. The van der Waals surface area contributed by atoms with Crippen LogP contribution in [0.15, 0.2) is 66.7 Å². The molecule has 0 heterocycles. The zero-order chi connectivity index (χ0) is 19.4. The highest BCUT2D eigenvalue weighted by Crippen LogP contribution is 2.21. The molecule has 0 saturated heterocycles. The molecule has 0 bridgehead atoms. The van der Waals surface area contributed by atoms with Crippen LogP contribution in [-0.4, -0.2) is 11.8 Å². The molecule has 0 spiro atoms. The Morgan fingerprint density at radius 2 is 1.30 bits per heavy atom. The van der Waals surface area contributed by atoms with Crippen molar-refractivity contribution in [1.82, 2.24) is 0 Å². The van der Waals surface area contributed by atoms with E-state index >= 15 is 0 Å². The maximum Gasteiger partial charge on any atom is 0.255 e. The Kier molecular flexibility index (Phi) is 5.36. The minimum Gasteiger partial charge on any atom is -0.322 e. The van der Waals surface area contributed by atoms with Crippen LogP contribution >= 0.6 is 0 Å². The Bertz CT molecular complexity index is 995. The first-order chi connectivity index (χ1) is 12.9. The van der Waals surface area contributed by atoms with Crippen LogP contribution in [0.25, 0.3) is 0 Å². The van der Waals surface area contributed by atoms with Gasteiger partial charge in [-0.05, 0) is 62.2 Å². The lowest BCUT2D eigenvalue weighted by Gasteiger charge is -2.12. The lowest BCUT2D eigenvalue weighted by atomic mass is 10.1. The van der Waals surface area contributed by atoms with Crippen molar-refractivity contribution < 1.29 is 9.59 Å². The Balaban J connectivity index is 1.80. The largest absolute Gasteiger partial charge is 0.322 e. The van der Waals surface area contributed by atoms with Crippen molar-refractivity contribution >= 4 is 23.2 Å². The fourth-order valence-corrected chi connectivity index (χ4v) is 2.83. The number of aryl methyl sites for hydroxylation is 3. The van der Waals surface area contributed by atoms with Crippen LogP contribution in [0.1, 0.15) is 37.4 Å². The molecule has 0 atom stereocenters. The second kappa shape index (κ2) is 7.87. The number of rotatable bonds is 4. The van der Waals surface area contributed by atoms with E-state index in [1.807, 2.05) is 63.2 Å². The highest BCUT2D eigenvalue weighted by Gasteiger charge is 2.12. The molecule has 3 rings (SSSR count). The van der Waals surface area contributed by atoms with E-state index in [1.165, 1.54) is 0 Å². The highest BCUT2D eigenvalue weighted by atomic mass is 16.2. The molecule has 136 valence electrons. The van der Waals surface area contributed by atoms with Crippen molar-refractivity contribution in [1.29, 1.82) is 0 Å². The van der Waals surface area contributed by atoms with Crippen molar-refractivity contribution in [2.75, 3.05) is 10.6 Å². The third kappa shape index (κ3) is 4.42. The summed E-state index contributed by atoms with van der Waals surface area (Å²) in [7, 11) is 0. The molecular weight excluding hydrogens is 336 g/mol. The molecule has 0 aliphatic heterocycles. The van der Waals surface area contributed by atoms with E-state index < -0.39 is 0 Å². The molecule has 4 heteroatoms. The van der Waals surface area contributed by atoms with E-state index in [0.717, 1.165) is 22.4 Å². The predicted octanol–water partition coefficient (Wildman–Crippen LogP) is 5.12. The van der Waals surface area contributed by atoms with E-state index in [4.69, 9.17) is 0 Å². The summed E-state index contributed by atoms with van der Waals surface area (Å²) in [6, 6.07) is 20.2. The molecule has 0 aromatic heterocycles. The first-order valence-corrected chi connectivity index (χ1v) is 8.79. The van der Waals surface area contributed by atoms with Gasteiger partial charge in [-0.15, -0.1) is 0 Å². The van der Waals surface area contributed by atoms with Crippen molar-refractivity contribution in [2.24, 2.45) is 0 Å². The number of anilines is 2. The van der Waals surface area contributed by atoms with Gasteiger partial charge < -0.3 is 10.6 Å². The summed E-state index contributed by atoms with van der Waals surface area (Å²) >= 11 is 0. The Hall–Kier alpha value is -3.40. The zero-order valence-electron chi connectivity index (χ0n) is 15.7. The normalized spacial score (nSPS) is 10.3. The molecule has 2 amide bonds. The summed E-state index contributed by atoms with van der Waals surface area (Å²) in [6.07, 6.45) is 0. The molecule has 0 aliphatic rings. The first kappa shape index (κ1) is 18.4. The van der Waals surface area contributed by atoms with Crippen LogP contribution in [-0.2, 0) is 0 Å². The van der Waals surface area contributed by atoms with Gasteiger partial charge in [0.1, 0.15) is 0 Å². The molecule has 2 N–H and O–H groups in total. The molecule has 3 aromatic rings. The van der Waals surface area contributed by atoms with Gasteiger partial charge in [0.25, 0.3) is 11.8 Å². The fourth-order valence-electron chi connectivity index (χ4n) is 2.83. The molecule has 3 aromatic carbocycles. The Morgan fingerprint density at radius 1 is 0.630 bits per heavy atom. The van der Waals surface area contributed by atoms with Gasteiger partial charge in [-0.3, -0.25) is 9.59 Å². The van der Waals surface area contributed by atoms with Crippen molar-refractivity contribution in [3.63, 3.8) is 0 Å². The number of amides is 2. The fraction of sp³-hybridized carbons (Fsp3) is 0.130. The van der Waals surface area contributed by atoms with Crippen LogP contribution < -0.4 is 10.6 Å². The van der Waals surface area contributed by atoms with E-state index in [0.29, 0.717) is 16.8 Å². The monoisotopic (exact) mass is 358 g/mol. The molecule has 0 unspecified atom stereocenters. The topological polar surface area (TPSA) is 58.2 Å². The third-order valence-corrected chi connectivity index (χ3v) is 4.41. The number of benzene rings is 3. The van der Waals surface area contributed by atoms with E-state index in [2.05, 4.69) is 10.6 Å². The van der Waals surface area contributed by atoms with Crippen LogP contribution in [0.3, 0.4) is 0 Å². The summed E-state index contributed by atoms with van der Waals surface area (Å²) in [5, 5.41) is 5.82. The molecule has 27 heavy (non-hydrogen) atoms. The lowest BCUT2D eigenvalue weighted by Crippen LogP contribution is -2.16. The van der Waals surface area contributed by atoms with Gasteiger partial charge in [0.15, 0.2) is 0 Å². The van der Waals surface area contributed by atoms with Gasteiger partial charge in [-0.25, -0.2) is 0 Å². The van der Waals surface area contributed by atoms with E-state index in [1.54, 1.807) is 24.3 Å². The number of carbonyl (C=O) groups is 2. The van der Waals surface area contributed by atoms with Crippen molar-refractivity contribution in [3.8, 4) is 0 Å². The van der Waals surface area contributed by atoms with Gasteiger partial charge in [-0.1, -0.05) is 42.0 Å². The maximum atomic E-state index is 12.6. The SMILES string of the molecule is Cc1ccc(NC(=O)c2ccc(C)c(NC(=O)c3ccccc3)c2)c(C)c1. The van der Waals surface area contributed by atoms with Gasteiger partial charge in [0, 0.05) is 22.5 Å². The minimum atomic E-state index is -0.211. The zero-order valence-corrected chi connectivity index (χ0v) is 15.7. The third-order valence-electron chi connectivity index (χ3n) is 4.41. The summed E-state index contributed by atoms with van der Waals surface area (Å²) in [6.45, 7) is 5.87. The number of nitrogens with one attached hydrogen (secondary N) is 2. The molecular formula is C23H22N2O2. The maximum absolute atomic E-state index is 12.6. The van der Waals surface area contributed by atoms with E-state index in [9.17, 15) is 9.59 Å². The van der Waals surface area contributed by atoms with Gasteiger partial charge in [0.2, 0.25) is 0 Å². The molecule has 0 saturated carbocycles. The minimum absolute atomic E-state index is 0.203. The second-order valence-electron chi connectivity index (χ2n) is 6.62. The number of hydrogen-bond acceptors (Lipinski definition) is 2. The predicted molar refractivity (Wildman–Crippen MR) is 109 cm³/mol. The molecule has 0 fully saturated rings. The van der Waals surface area contributed by atoms with Gasteiger partial charge >= 0.3 is 0 Å². The van der Waals surface area contributed by atoms with Gasteiger partial charge in [0.05, 0.1) is 0 Å². The molecule has 0 aliphatic carbocycles. The van der Waals surface area contributed by atoms with E-state index in [-0.39, 0.29) is 11.8 Å². The van der Waals surface area contributed by atoms with Crippen LogP contribution in [0.4, 0.5) is 11.4 Å². The molecule has 0 radical (unpaired) electrons. The van der Waals surface area contributed by atoms with Crippen molar-refractivity contribution in [2.45, 2.75) is 20.8 Å². The Morgan fingerprint density at radius 3 is 2.00 bits per heavy atom. The smallest absolute Gasteiger partial charge is 0.255 e. The standard InChI is InChI=1S/C23H22N2O2/c1-15-9-12-20(17(3)13-15)24-23(27)19-11-10-16(2)21(14-19)25-22(26)18-7-5-4-6-8-18/h4-14H,1-3H3,(H,24,27)(H,25,26). The highest BCUT2D eigenvalue weighted by molar-refractivity contribution is 6.08. The summed E-state index contributed by atoms with van der Waals surface area (Å²) in [4.78, 5) is 25.1. The molecule has 4 nitrogen and oxygen atoms in total. The quantitative estimate of drug-likeness (QED) is 0.680. The average molecular weight is 358 g/mol. The second-order valence-corrected chi connectivity index (χ2v) is 6.62. The van der Waals surface area contributed by atoms with Crippen molar-refractivity contribution in [3.05, 3.63) is 94.5 Å². The number of carbonyl (C=O) groups excluding carboxylic acids is 2. The van der Waals surface area contributed by atoms with Crippen LogP contribution in [0, 0.1) is 20.8 Å². The summed E-state index contributed by atoms with van der Waals surface area (Å²) < 4.78 is 0. The van der Waals surface area contributed by atoms with Crippen LogP contribution in [0.5, 0.6) is 0 Å². The van der Waals surface area contributed by atoms with Crippen LogP contribution in [0.2, 0.25) is 0 Å². The van der Waals surface area contributed by atoms with Gasteiger partial charge in [-0.2, -0.15) is 0 Å². The Labute approximate surface area is 159 Å². The summed E-state index contributed by atoms with van der Waals surface area (Å²) in [5.74, 6) is -0.414. The summed E-state index contributed by atoms with van der Waals surface area (Å²) in [5.41, 5.74) is 5.51. The number of hydrogen-bond donors (Lipinski definition) is 2. The lowest BCUT2D eigenvalue weighted by molar-refractivity contribution is 0.101.